The van der Waals surface area contributed by atoms with Crippen molar-refractivity contribution in [1.29, 1.82) is 0 Å². The van der Waals surface area contributed by atoms with Gasteiger partial charge in [-0.05, 0) is 57.2 Å². The average Bonchev–Trinajstić information content (AvgIpc) is 3.04. The molecule has 6 heteroatoms. The fourth-order valence-electron chi connectivity index (χ4n) is 2.32. The molecule has 25 heavy (non-hydrogen) atoms. The second-order valence-electron chi connectivity index (χ2n) is 6.68. The number of halogens is 1. The van der Waals surface area contributed by atoms with Crippen LogP contribution in [0.25, 0.3) is 22.8 Å². The van der Waals surface area contributed by atoms with Gasteiger partial charge in [-0.2, -0.15) is 4.98 Å². The zero-order chi connectivity index (χ0) is 18.0. The summed E-state index contributed by atoms with van der Waals surface area (Å²) in [5.41, 5.74) is 1.27. The van der Waals surface area contributed by atoms with Crippen molar-refractivity contribution in [1.82, 2.24) is 15.5 Å². The molecular formula is C19H18FN3O2. The van der Waals surface area contributed by atoms with Crippen molar-refractivity contribution >= 4 is 5.91 Å². The van der Waals surface area contributed by atoms with Crippen LogP contribution in [0.1, 0.15) is 31.1 Å². The molecule has 0 radical (unpaired) electrons. The maximum absolute atomic E-state index is 13.0. The molecule has 0 aliphatic heterocycles. The Morgan fingerprint density at radius 2 is 1.76 bits per heavy atom. The van der Waals surface area contributed by atoms with Gasteiger partial charge in [0.25, 0.3) is 11.8 Å². The number of hydrogen-bond acceptors (Lipinski definition) is 4. The third-order valence-corrected chi connectivity index (χ3v) is 3.42. The minimum atomic E-state index is -0.363. The Morgan fingerprint density at radius 1 is 1.08 bits per heavy atom. The highest BCUT2D eigenvalue weighted by Gasteiger charge is 2.21. The highest BCUT2D eigenvalue weighted by atomic mass is 19.1. The Hall–Kier alpha value is -3.02. The van der Waals surface area contributed by atoms with E-state index in [1.807, 2.05) is 20.8 Å². The summed E-state index contributed by atoms with van der Waals surface area (Å²) in [6, 6.07) is 12.8. The summed E-state index contributed by atoms with van der Waals surface area (Å²) in [6.07, 6.45) is 0. The van der Waals surface area contributed by atoms with Crippen molar-refractivity contribution in [2.75, 3.05) is 0 Å². The minimum Gasteiger partial charge on any atom is -0.347 e. The largest absolute Gasteiger partial charge is 0.347 e. The van der Waals surface area contributed by atoms with Gasteiger partial charge < -0.3 is 9.84 Å². The molecule has 1 aromatic heterocycles. The monoisotopic (exact) mass is 339 g/mol. The van der Waals surface area contributed by atoms with Crippen LogP contribution < -0.4 is 5.32 Å². The van der Waals surface area contributed by atoms with Gasteiger partial charge in [0.2, 0.25) is 5.82 Å². The Balaban J connectivity index is 1.95. The van der Waals surface area contributed by atoms with E-state index < -0.39 is 0 Å². The van der Waals surface area contributed by atoms with Gasteiger partial charge in [-0.25, -0.2) is 4.39 Å². The SMILES string of the molecule is CC(C)(C)NC(=O)c1ccccc1-c1nc(-c2ccc(F)cc2)no1. The number of hydrogen-bond donors (Lipinski definition) is 1. The molecule has 0 fully saturated rings. The topological polar surface area (TPSA) is 68.0 Å². The second-order valence-corrected chi connectivity index (χ2v) is 6.68. The van der Waals surface area contributed by atoms with Gasteiger partial charge >= 0.3 is 0 Å². The Kier molecular flexibility index (Phi) is 4.35. The third-order valence-electron chi connectivity index (χ3n) is 3.42. The first kappa shape index (κ1) is 16.8. The van der Waals surface area contributed by atoms with Crippen LogP contribution >= 0.6 is 0 Å². The van der Waals surface area contributed by atoms with E-state index in [1.165, 1.54) is 12.1 Å². The predicted octanol–water partition coefficient (Wildman–Crippen LogP) is 4.07. The molecule has 3 rings (SSSR count). The summed E-state index contributed by atoms with van der Waals surface area (Å²) >= 11 is 0. The number of carbonyl (C=O) groups is 1. The van der Waals surface area contributed by atoms with E-state index in [2.05, 4.69) is 15.5 Å². The molecule has 0 spiro atoms. The molecule has 2 aromatic carbocycles. The fourth-order valence-corrected chi connectivity index (χ4v) is 2.32. The van der Waals surface area contributed by atoms with Gasteiger partial charge in [0.15, 0.2) is 0 Å². The Morgan fingerprint density at radius 3 is 2.44 bits per heavy atom. The number of amides is 1. The summed E-state index contributed by atoms with van der Waals surface area (Å²) in [4.78, 5) is 16.9. The summed E-state index contributed by atoms with van der Waals surface area (Å²) in [5.74, 6) is 0.0151. The van der Waals surface area contributed by atoms with E-state index in [9.17, 15) is 9.18 Å². The number of rotatable bonds is 3. The molecule has 0 unspecified atom stereocenters. The molecule has 1 N–H and O–H groups in total. The molecule has 5 nitrogen and oxygen atoms in total. The normalized spacial score (nSPS) is 11.4. The molecule has 3 aromatic rings. The molecule has 0 saturated heterocycles. The van der Waals surface area contributed by atoms with Crippen LogP contribution in [0.15, 0.2) is 53.1 Å². The number of nitrogens with zero attached hydrogens (tertiary/aromatic N) is 2. The quantitative estimate of drug-likeness (QED) is 0.781. The van der Waals surface area contributed by atoms with Gasteiger partial charge in [-0.3, -0.25) is 4.79 Å². The van der Waals surface area contributed by atoms with Crippen LogP contribution in [0.4, 0.5) is 4.39 Å². The van der Waals surface area contributed by atoms with Crippen molar-refractivity contribution in [3.63, 3.8) is 0 Å². The summed E-state index contributed by atoms with van der Waals surface area (Å²) in [5, 5.41) is 6.85. The smallest absolute Gasteiger partial charge is 0.259 e. The molecule has 128 valence electrons. The van der Waals surface area contributed by atoms with Crippen molar-refractivity contribution < 1.29 is 13.7 Å². The highest BCUT2D eigenvalue weighted by Crippen LogP contribution is 2.25. The van der Waals surface area contributed by atoms with Gasteiger partial charge in [-0.1, -0.05) is 17.3 Å². The van der Waals surface area contributed by atoms with Crippen molar-refractivity contribution in [2.24, 2.45) is 0 Å². The lowest BCUT2D eigenvalue weighted by Crippen LogP contribution is -2.40. The van der Waals surface area contributed by atoms with Gasteiger partial charge in [0.05, 0.1) is 11.1 Å². The van der Waals surface area contributed by atoms with Gasteiger partial charge in [0.1, 0.15) is 5.82 Å². The first-order valence-electron chi connectivity index (χ1n) is 7.85. The number of benzene rings is 2. The molecule has 0 bridgehead atoms. The van der Waals surface area contributed by atoms with Crippen LogP contribution in [-0.2, 0) is 0 Å². The number of aromatic nitrogens is 2. The lowest BCUT2D eigenvalue weighted by molar-refractivity contribution is 0.0920. The van der Waals surface area contributed by atoms with Crippen LogP contribution in [0.3, 0.4) is 0 Å². The lowest BCUT2D eigenvalue weighted by atomic mass is 10.0. The third kappa shape index (κ3) is 3.91. The van der Waals surface area contributed by atoms with E-state index in [4.69, 9.17) is 4.52 Å². The van der Waals surface area contributed by atoms with Gasteiger partial charge in [0, 0.05) is 11.1 Å². The second kappa shape index (κ2) is 6.47. The van der Waals surface area contributed by atoms with E-state index in [1.54, 1.807) is 36.4 Å². The molecule has 1 amide bonds. The number of carbonyl (C=O) groups excluding carboxylic acids is 1. The number of nitrogens with one attached hydrogen (secondary N) is 1. The summed E-state index contributed by atoms with van der Waals surface area (Å²) in [6.45, 7) is 5.73. The summed E-state index contributed by atoms with van der Waals surface area (Å²) in [7, 11) is 0. The predicted molar refractivity (Wildman–Crippen MR) is 92.3 cm³/mol. The maximum Gasteiger partial charge on any atom is 0.259 e. The lowest BCUT2D eigenvalue weighted by Gasteiger charge is -2.21. The first-order valence-corrected chi connectivity index (χ1v) is 7.85. The fraction of sp³-hybridized carbons (Fsp3) is 0.211. The first-order chi connectivity index (χ1) is 11.8. The minimum absolute atomic E-state index is 0.218. The summed E-state index contributed by atoms with van der Waals surface area (Å²) < 4.78 is 18.4. The van der Waals surface area contributed by atoms with Crippen LogP contribution in [0.2, 0.25) is 0 Å². The molecule has 0 aliphatic rings. The molecular weight excluding hydrogens is 321 g/mol. The van der Waals surface area contributed by atoms with E-state index in [0.29, 0.717) is 22.5 Å². The molecule has 1 heterocycles. The zero-order valence-corrected chi connectivity index (χ0v) is 14.2. The van der Waals surface area contributed by atoms with Crippen LogP contribution in [0.5, 0.6) is 0 Å². The van der Waals surface area contributed by atoms with E-state index >= 15 is 0 Å². The van der Waals surface area contributed by atoms with Crippen molar-refractivity contribution in [2.45, 2.75) is 26.3 Å². The van der Waals surface area contributed by atoms with E-state index in [0.717, 1.165) is 0 Å². The van der Waals surface area contributed by atoms with Crippen LogP contribution in [0, 0.1) is 5.82 Å². The standard InChI is InChI=1S/C19H18FN3O2/c1-19(2,3)22-17(24)14-6-4-5-7-15(14)18-21-16(23-25-18)12-8-10-13(20)11-9-12/h4-11H,1-3H3,(H,22,24). The van der Waals surface area contributed by atoms with E-state index in [-0.39, 0.29) is 23.2 Å². The highest BCUT2D eigenvalue weighted by molar-refractivity contribution is 6.00. The van der Waals surface area contributed by atoms with Crippen molar-refractivity contribution in [3.05, 3.63) is 59.9 Å². The van der Waals surface area contributed by atoms with Crippen molar-refractivity contribution in [3.8, 4) is 22.8 Å². The Bertz CT molecular complexity index is 896. The molecule has 0 aliphatic carbocycles. The maximum atomic E-state index is 13.0. The Labute approximate surface area is 144 Å². The average molecular weight is 339 g/mol. The van der Waals surface area contributed by atoms with Crippen LogP contribution in [-0.4, -0.2) is 21.6 Å². The zero-order valence-electron chi connectivity index (χ0n) is 14.2. The molecule has 0 atom stereocenters. The molecule has 0 saturated carbocycles. The van der Waals surface area contributed by atoms with Gasteiger partial charge in [-0.15, -0.1) is 0 Å².